The monoisotopic (exact) mass is 614 g/mol. The number of esters is 3. The molecule has 1 aliphatic heterocycles. The minimum absolute atomic E-state index is 0.102. The summed E-state index contributed by atoms with van der Waals surface area (Å²) >= 11 is 0. The van der Waals surface area contributed by atoms with Gasteiger partial charge < -0.3 is 34.1 Å². The molecular weight excluding hydrogens is 576 g/mol. The maximum absolute atomic E-state index is 13.5. The molecule has 0 saturated carbocycles. The molecular formula is C31H38N2O11. The van der Waals surface area contributed by atoms with E-state index >= 15 is 0 Å². The van der Waals surface area contributed by atoms with Crippen molar-refractivity contribution < 1.29 is 52.8 Å². The average molecular weight is 615 g/mol. The quantitative estimate of drug-likeness (QED) is 0.215. The summed E-state index contributed by atoms with van der Waals surface area (Å²) in [5, 5.41) is 12.5. The zero-order chi connectivity index (χ0) is 32.6. The van der Waals surface area contributed by atoms with Crippen LogP contribution < -0.4 is 14.8 Å². The first-order chi connectivity index (χ1) is 20.8. The SMILES string of the molecule is COc1ccnc(C(=O)NC2COC(=O)C(Cc3ccccc3)C(C(C)(C)C(=O)O)C(C)OC2=O)c1OCOC(=O)C(C)C. The fraction of sp³-hybridized carbons (Fsp3) is 0.484. The number of hydrogen-bond acceptors (Lipinski definition) is 11. The Morgan fingerprint density at radius 1 is 1.11 bits per heavy atom. The summed E-state index contributed by atoms with van der Waals surface area (Å²) in [5.74, 6) is -6.74. The number of hydrogen-bond donors (Lipinski definition) is 2. The Morgan fingerprint density at radius 2 is 1.80 bits per heavy atom. The molecule has 1 fully saturated rings. The lowest BCUT2D eigenvalue weighted by molar-refractivity contribution is -0.168. The lowest BCUT2D eigenvalue weighted by Gasteiger charge is -2.38. The second kappa shape index (κ2) is 14.7. The van der Waals surface area contributed by atoms with Gasteiger partial charge in [0.1, 0.15) is 12.7 Å². The summed E-state index contributed by atoms with van der Waals surface area (Å²) in [5.41, 5.74) is -1.04. The lowest BCUT2D eigenvalue weighted by Crippen LogP contribution is -2.48. The number of methoxy groups -OCH3 is 1. The smallest absolute Gasteiger partial charge is 0.332 e. The number of carboxylic acids is 1. The van der Waals surface area contributed by atoms with Crippen molar-refractivity contribution in [3.63, 3.8) is 0 Å². The van der Waals surface area contributed by atoms with Crippen molar-refractivity contribution in [1.29, 1.82) is 0 Å². The number of aliphatic carboxylic acids is 1. The highest BCUT2D eigenvalue weighted by atomic mass is 16.7. The van der Waals surface area contributed by atoms with Crippen molar-refractivity contribution in [2.24, 2.45) is 23.2 Å². The molecule has 0 spiro atoms. The predicted molar refractivity (Wildman–Crippen MR) is 154 cm³/mol. The first kappa shape index (κ1) is 33.8. The van der Waals surface area contributed by atoms with Crippen LogP contribution >= 0.6 is 0 Å². The molecule has 2 N–H and O–H groups in total. The van der Waals surface area contributed by atoms with Crippen LogP contribution in [-0.2, 0) is 39.8 Å². The molecule has 1 saturated heterocycles. The van der Waals surface area contributed by atoms with Crippen LogP contribution in [0.1, 0.15) is 50.7 Å². The highest BCUT2D eigenvalue weighted by Crippen LogP contribution is 2.40. The Morgan fingerprint density at radius 3 is 2.41 bits per heavy atom. The van der Waals surface area contributed by atoms with E-state index < -0.39 is 78.5 Å². The van der Waals surface area contributed by atoms with E-state index in [9.17, 15) is 29.1 Å². The number of carbonyl (C=O) groups is 5. The van der Waals surface area contributed by atoms with Gasteiger partial charge in [0.2, 0.25) is 6.79 Å². The zero-order valence-corrected chi connectivity index (χ0v) is 25.5. The van der Waals surface area contributed by atoms with Crippen LogP contribution in [-0.4, -0.2) is 72.5 Å². The maximum atomic E-state index is 13.5. The van der Waals surface area contributed by atoms with Crippen LogP contribution in [0.4, 0.5) is 0 Å². The minimum Gasteiger partial charge on any atom is -0.493 e. The number of benzene rings is 1. The zero-order valence-electron chi connectivity index (χ0n) is 25.5. The number of pyridine rings is 1. The van der Waals surface area contributed by atoms with Crippen molar-refractivity contribution in [2.75, 3.05) is 20.5 Å². The number of carbonyl (C=O) groups excluding carboxylic acids is 4. The fourth-order valence-electron chi connectivity index (χ4n) is 5.00. The molecule has 4 atom stereocenters. The largest absolute Gasteiger partial charge is 0.493 e. The number of rotatable bonds is 11. The van der Waals surface area contributed by atoms with E-state index in [2.05, 4.69) is 10.3 Å². The van der Waals surface area contributed by atoms with Gasteiger partial charge in [-0.1, -0.05) is 44.2 Å². The molecule has 13 nitrogen and oxygen atoms in total. The van der Waals surface area contributed by atoms with E-state index in [1.54, 1.807) is 38.1 Å². The fourth-order valence-corrected chi connectivity index (χ4v) is 5.00. The number of cyclic esters (lactones) is 2. The Labute approximate surface area is 255 Å². The third-order valence-corrected chi connectivity index (χ3v) is 7.39. The highest BCUT2D eigenvalue weighted by Gasteiger charge is 2.50. The normalized spacial score (nSPS) is 20.7. The van der Waals surface area contributed by atoms with Crippen molar-refractivity contribution in [3.05, 3.63) is 53.9 Å². The molecule has 3 rings (SSSR count). The van der Waals surface area contributed by atoms with Crippen molar-refractivity contribution in [3.8, 4) is 11.5 Å². The second-order valence-corrected chi connectivity index (χ2v) is 11.2. The molecule has 1 amide bonds. The molecule has 0 bridgehead atoms. The van der Waals surface area contributed by atoms with Gasteiger partial charge in [0, 0.05) is 18.2 Å². The maximum Gasteiger partial charge on any atom is 0.332 e. The van der Waals surface area contributed by atoms with Gasteiger partial charge in [-0.15, -0.1) is 0 Å². The third kappa shape index (κ3) is 8.03. The number of nitrogens with zero attached hydrogens (tertiary/aromatic N) is 1. The van der Waals surface area contributed by atoms with Crippen LogP contribution in [0.2, 0.25) is 0 Å². The third-order valence-electron chi connectivity index (χ3n) is 7.39. The molecule has 2 heterocycles. The second-order valence-electron chi connectivity index (χ2n) is 11.2. The first-order valence-corrected chi connectivity index (χ1v) is 14.1. The Bertz CT molecular complexity index is 1360. The molecule has 238 valence electrons. The molecule has 0 aliphatic carbocycles. The number of amides is 1. The Balaban J connectivity index is 1.89. The van der Waals surface area contributed by atoms with Crippen molar-refractivity contribution in [2.45, 2.75) is 53.2 Å². The van der Waals surface area contributed by atoms with E-state index in [0.717, 1.165) is 5.56 Å². The summed E-state index contributed by atoms with van der Waals surface area (Å²) < 4.78 is 27.0. The predicted octanol–water partition coefficient (Wildman–Crippen LogP) is 2.80. The lowest BCUT2D eigenvalue weighted by atomic mass is 9.67. The van der Waals surface area contributed by atoms with E-state index in [1.165, 1.54) is 40.1 Å². The minimum atomic E-state index is -1.50. The number of carboxylic acid groups (broad SMARTS) is 1. The Kier molecular flexibility index (Phi) is 11.3. The molecule has 13 heteroatoms. The van der Waals surface area contributed by atoms with Gasteiger partial charge in [-0.05, 0) is 32.8 Å². The molecule has 1 aliphatic rings. The van der Waals surface area contributed by atoms with Crippen molar-refractivity contribution in [1.82, 2.24) is 10.3 Å². The van der Waals surface area contributed by atoms with Gasteiger partial charge in [-0.25, -0.2) is 9.78 Å². The van der Waals surface area contributed by atoms with Crippen LogP contribution in [0, 0.1) is 23.2 Å². The van der Waals surface area contributed by atoms with Crippen molar-refractivity contribution >= 4 is 29.8 Å². The summed E-state index contributed by atoms with van der Waals surface area (Å²) in [6.07, 6.45) is 0.351. The van der Waals surface area contributed by atoms with Gasteiger partial charge in [0.05, 0.1) is 24.4 Å². The van der Waals surface area contributed by atoms with Crippen LogP contribution in [0.3, 0.4) is 0 Å². The van der Waals surface area contributed by atoms with E-state index in [1.807, 2.05) is 6.07 Å². The van der Waals surface area contributed by atoms with Gasteiger partial charge in [0.15, 0.2) is 23.2 Å². The number of ether oxygens (including phenoxy) is 5. The van der Waals surface area contributed by atoms with Crippen LogP contribution in [0.5, 0.6) is 11.5 Å². The molecule has 1 aromatic carbocycles. The molecule has 4 unspecified atom stereocenters. The number of nitrogens with one attached hydrogen (secondary N) is 1. The van der Waals surface area contributed by atoms with E-state index in [0.29, 0.717) is 0 Å². The highest BCUT2D eigenvalue weighted by molar-refractivity contribution is 5.98. The van der Waals surface area contributed by atoms with Crippen LogP contribution in [0.25, 0.3) is 0 Å². The topological polar surface area (TPSA) is 177 Å². The summed E-state index contributed by atoms with van der Waals surface area (Å²) in [7, 11) is 1.33. The van der Waals surface area contributed by atoms with Crippen LogP contribution in [0.15, 0.2) is 42.6 Å². The first-order valence-electron chi connectivity index (χ1n) is 14.1. The van der Waals surface area contributed by atoms with Gasteiger partial charge in [0.25, 0.3) is 5.91 Å². The van der Waals surface area contributed by atoms with Gasteiger partial charge in [-0.3, -0.25) is 19.2 Å². The van der Waals surface area contributed by atoms with Gasteiger partial charge in [-0.2, -0.15) is 0 Å². The molecule has 1 aromatic heterocycles. The molecule has 0 radical (unpaired) electrons. The average Bonchev–Trinajstić information content (AvgIpc) is 3.01. The summed E-state index contributed by atoms with van der Waals surface area (Å²) in [6, 6.07) is 8.95. The summed E-state index contributed by atoms with van der Waals surface area (Å²) in [4.78, 5) is 68.4. The molecule has 2 aromatic rings. The van der Waals surface area contributed by atoms with Gasteiger partial charge >= 0.3 is 23.9 Å². The van der Waals surface area contributed by atoms with E-state index in [4.69, 9.17) is 23.7 Å². The number of aromatic nitrogens is 1. The van der Waals surface area contributed by atoms with E-state index in [-0.39, 0.29) is 23.6 Å². The standard InChI is InChI=1S/C31H38N2O11/c1-17(2)27(35)43-16-42-25-22(40-6)12-13-32-24(25)26(34)33-21-15-41-28(36)20(14-19-10-8-7-9-11-19)23(18(3)44-29(21)37)31(4,5)30(38)39/h7-13,17-18,20-21,23H,14-16H2,1-6H3,(H,33,34)(H,38,39). The molecule has 44 heavy (non-hydrogen) atoms. The Hall–Kier alpha value is -4.68. The summed E-state index contributed by atoms with van der Waals surface area (Å²) in [6.45, 7) is 6.59.